The van der Waals surface area contributed by atoms with E-state index >= 15 is 0 Å². The second-order valence-electron chi connectivity index (χ2n) is 8.87. The summed E-state index contributed by atoms with van der Waals surface area (Å²) in [5, 5.41) is 0. The fourth-order valence-corrected chi connectivity index (χ4v) is 7.28. The van der Waals surface area contributed by atoms with E-state index in [1.165, 1.54) is 32.9 Å². The van der Waals surface area contributed by atoms with Crippen LogP contribution in [0.25, 0.3) is 0 Å². The Bertz CT molecular complexity index is 1110. The molecule has 0 radical (unpaired) electrons. The molecule has 8 heteroatoms. The largest absolute Gasteiger partial charge is 0.243 e. The molecule has 2 atom stereocenters. The first-order chi connectivity index (χ1) is 15.1. The predicted octanol–water partition coefficient (Wildman–Crippen LogP) is 4.41. The lowest BCUT2D eigenvalue weighted by Crippen LogP contribution is -2.39. The van der Waals surface area contributed by atoms with Crippen LogP contribution in [0.15, 0.2) is 58.3 Å². The summed E-state index contributed by atoms with van der Waals surface area (Å²) in [6, 6.07) is 13.3. The van der Waals surface area contributed by atoms with Gasteiger partial charge in [0.05, 0.1) is 9.79 Å². The van der Waals surface area contributed by atoms with Crippen molar-refractivity contribution in [2.24, 2.45) is 5.92 Å². The van der Waals surface area contributed by atoms with Gasteiger partial charge >= 0.3 is 0 Å². The Morgan fingerprint density at radius 2 is 1.59 bits per heavy atom. The lowest BCUT2D eigenvalue weighted by Gasteiger charge is -2.30. The summed E-state index contributed by atoms with van der Waals surface area (Å²) in [7, 11) is -7.42. The first-order valence-corrected chi connectivity index (χ1v) is 14.1. The predicted molar refractivity (Wildman–Crippen MR) is 127 cm³/mol. The van der Waals surface area contributed by atoms with E-state index in [0.717, 1.165) is 24.0 Å². The van der Waals surface area contributed by atoms with E-state index in [4.69, 9.17) is 0 Å². The number of aryl methyl sites for hydroxylation is 1. The van der Waals surface area contributed by atoms with Gasteiger partial charge in [0.2, 0.25) is 20.0 Å². The standard InChI is InChI=1S/C24H34N2O4S2/c1-5-21(4)26(18-22-10-8-19(2)9-11-22)32(29,30)24-14-12-23(13-15-24)31(27,28)25-16-6-7-20(3)17-25/h8-15,20-21H,5-7,16-18H2,1-4H3/t20-,21-/m1/s1. The van der Waals surface area contributed by atoms with Gasteiger partial charge in [-0.1, -0.05) is 43.7 Å². The van der Waals surface area contributed by atoms with Crippen LogP contribution in [0.3, 0.4) is 0 Å². The summed E-state index contributed by atoms with van der Waals surface area (Å²) in [6.45, 7) is 9.16. The second-order valence-corrected chi connectivity index (χ2v) is 12.7. The van der Waals surface area contributed by atoms with Crippen molar-refractivity contribution in [3.63, 3.8) is 0 Å². The maximum absolute atomic E-state index is 13.5. The first-order valence-electron chi connectivity index (χ1n) is 11.2. The van der Waals surface area contributed by atoms with E-state index in [1.807, 2.05) is 45.0 Å². The van der Waals surface area contributed by atoms with Crippen molar-refractivity contribution in [2.75, 3.05) is 13.1 Å². The molecule has 0 spiro atoms. The van der Waals surface area contributed by atoms with Gasteiger partial charge < -0.3 is 0 Å². The van der Waals surface area contributed by atoms with Crippen LogP contribution < -0.4 is 0 Å². The molecule has 1 saturated heterocycles. The zero-order valence-corrected chi connectivity index (χ0v) is 21.0. The zero-order chi connectivity index (χ0) is 23.5. The number of sulfonamides is 2. The number of hydrogen-bond donors (Lipinski definition) is 0. The Kier molecular flexibility index (Phi) is 7.81. The van der Waals surface area contributed by atoms with Gasteiger partial charge in [-0.25, -0.2) is 16.8 Å². The topological polar surface area (TPSA) is 74.8 Å². The quantitative estimate of drug-likeness (QED) is 0.563. The van der Waals surface area contributed by atoms with Crippen LogP contribution in [0.1, 0.15) is 51.2 Å². The van der Waals surface area contributed by atoms with Crippen molar-refractivity contribution in [3.05, 3.63) is 59.7 Å². The molecule has 0 saturated carbocycles. The monoisotopic (exact) mass is 478 g/mol. The minimum Gasteiger partial charge on any atom is -0.207 e. The van der Waals surface area contributed by atoms with Crippen molar-refractivity contribution < 1.29 is 16.8 Å². The highest BCUT2D eigenvalue weighted by molar-refractivity contribution is 7.89. The van der Waals surface area contributed by atoms with Crippen molar-refractivity contribution in [1.29, 1.82) is 0 Å². The Labute approximate surface area is 193 Å². The molecule has 176 valence electrons. The van der Waals surface area contributed by atoms with E-state index in [2.05, 4.69) is 6.92 Å². The molecule has 2 aromatic carbocycles. The molecule has 0 N–H and O–H groups in total. The molecule has 2 aromatic rings. The van der Waals surface area contributed by atoms with Gasteiger partial charge in [-0.3, -0.25) is 0 Å². The summed E-state index contributed by atoms with van der Waals surface area (Å²) >= 11 is 0. The van der Waals surface area contributed by atoms with Crippen molar-refractivity contribution in [2.45, 2.75) is 69.3 Å². The van der Waals surface area contributed by atoms with E-state index in [0.29, 0.717) is 25.4 Å². The summed E-state index contributed by atoms with van der Waals surface area (Å²) < 4.78 is 56.0. The van der Waals surface area contributed by atoms with Gasteiger partial charge in [0.25, 0.3) is 0 Å². The van der Waals surface area contributed by atoms with Crippen LogP contribution in [0.2, 0.25) is 0 Å². The highest BCUT2D eigenvalue weighted by atomic mass is 32.2. The Hall–Kier alpha value is -1.74. The molecule has 0 bridgehead atoms. The van der Waals surface area contributed by atoms with Gasteiger partial charge in [0.1, 0.15) is 0 Å². The van der Waals surface area contributed by atoms with Crippen LogP contribution in [0.4, 0.5) is 0 Å². The van der Waals surface area contributed by atoms with Crippen LogP contribution in [0.5, 0.6) is 0 Å². The molecule has 0 aromatic heterocycles. The number of rotatable bonds is 8. The number of hydrogen-bond acceptors (Lipinski definition) is 4. The molecule has 32 heavy (non-hydrogen) atoms. The fourth-order valence-electron chi connectivity index (χ4n) is 3.99. The van der Waals surface area contributed by atoms with Gasteiger partial charge in [0, 0.05) is 25.7 Å². The molecular weight excluding hydrogens is 444 g/mol. The maximum atomic E-state index is 13.5. The number of benzene rings is 2. The average molecular weight is 479 g/mol. The maximum Gasteiger partial charge on any atom is 0.243 e. The second kappa shape index (κ2) is 10.0. The highest BCUT2D eigenvalue weighted by Gasteiger charge is 2.31. The summed E-state index contributed by atoms with van der Waals surface area (Å²) in [5.74, 6) is 0.323. The molecule has 1 aliphatic rings. The summed E-state index contributed by atoms with van der Waals surface area (Å²) in [5.41, 5.74) is 2.03. The SMILES string of the molecule is CC[C@@H](C)N(Cc1ccc(C)cc1)S(=O)(=O)c1ccc(S(=O)(=O)N2CCC[C@@H](C)C2)cc1. The molecule has 3 rings (SSSR count). The van der Waals surface area contributed by atoms with Crippen LogP contribution in [-0.2, 0) is 26.6 Å². The molecular formula is C24H34N2O4S2. The lowest BCUT2D eigenvalue weighted by atomic mass is 10.0. The molecule has 0 unspecified atom stereocenters. The zero-order valence-electron chi connectivity index (χ0n) is 19.4. The van der Waals surface area contributed by atoms with E-state index in [9.17, 15) is 16.8 Å². The third-order valence-corrected chi connectivity index (χ3v) is 10.1. The first kappa shape index (κ1) is 24.9. The lowest BCUT2D eigenvalue weighted by molar-refractivity contribution is 0.281. The Morgan fingerprint density at radius 3 is 2.16 bits per heavy atom. The van der Waals surface area contributed by atoms with Gasteiger partial charge in [-0.15, -0.1) is 0 Å². The van der Waals surface area contributed by atoms with Crippen LogP contribution in [-0.4, -0.2) is 44.6 Å². The van der Waals surface area contributed by atoms with Gasteiger partial charge in [-0.2, -0.15) is 8.61 Å². The van der Waals surface area contributed by atoms with Crippen LogP contribution in [0, 0.1) is 12.8 Å². The van der Waals surface area contributed by atoms with Gasteiger partial charge in [-0.05, 0) is 68.9 Å². The minimum atomic E-state index is -3.79. The normalized spacial score (nSPS) is 19.2. The molecule has 1 fully saturated rings. The number of piperidine rings is 1. The molecule has 1 aliphatic heterocycles. The number of nitrogens with zero attached hydrogens (tertiary/aromatic N) is 2. The van der Waals surface area contributed by atoms with Gasteiger partial charge in [0.15, 0.2) is 0 Å². The van der Waals surface area contributed by atoms with Crippen molar-refractivity contribution in [3.8, 4) is 0 Å². The Morgan fingerprint density at radius 1 is 1.00 bits per heavy atom. The fraction of sp³-hybridized carbons (Fsp3) is 0.500. The smallest absolute Gasteiger partial charge is 0.207 e. The van der Waals surface area contributed by atoms with E-state index < -0.39 is 20.0 Å². The third-order valence-electron chi connectivity index (χ3n) is 6.23. The molecule has 0 amide bonds. The van der Waals surface area contributed by atoms with Crippen molar-refractivity contribution >= 4 is 20.0 Å². The van der Waals surface area contributed by atoms with Crippen LogP contribution >= 0.6 is 0 Å². The molecule has 6 nitrogen and oxygen atoms in total. The van der Waals surface area contributed by atoms with E-state index in [-0.39, 0.29) is 22.4 Å². The summed E-state index contributed by atoms with van der Waals surface area (Å²) in [6.07, 6.45) is 2.54. The molecule has 0 aliphatic carbocycles. The highest BCUT2D eigenvalue weighted by Crippen LogP contribution is 2.27. The molecule has 1 heterocycles. The minimum absolute atomic E-state index is 0.107. The van der Waals surface area contributed by atoms with Crippen molar-refractivity contribution in [1.82, 2.24) is 8.61 Å². The third kappa shape index (κ3) is 5.42. The van der Waals surface area contributed by atoms with E-state index in [1.54, 1.807) is 0 Å². The summed E-state index contributed by atoms with van der Waals surface area (Å²) in [4.78, 5) is 0.245. The average Bonchev–Trinajstić information content (AvgIpc) is 2.78. The Balaban J connectivity index is 1.88.